The minimum atomic E-state index is 0.142. The summed E-state index contributed by atoms with van der Waals surface area (Å²) in [7, 11) is 0. The van der Waals surface area contributed by atoms with E-state index in [2.05, 4.69) is 28.5 Å². The summed E-state index contributed by atoms with van der Waals surface area (Å²) in [6.45, 7) is 4.03. The molecule has 2 aromatic heterocycles. The molecule has 1 atom stereocenters. The Morgan fingerprint density at radius 1 is 1.28 bits per heavy atom. The fraction of sp³-hybridized carbons (Fsp3) is 0.214. The lowest BCUT2D eigenvalue weighted by Crippen LogP contribution is -2.05. The molecule has 4 nitrogen and oxygen atoms in total. The zero-order valence-corrected chi connectivity index (χ0v) is 10.4. The van der Waals surface area contributed by atoms with Crippen molar-refractivity contribution in [3.8, 4) is 0 Å². The van der Waals surface area contributed by atoms with E-state index >= 15 is 0 Å². The minimum Gasteiger partial charge on any atom is -0.464 e. The standard InChI is InChI=1S/C14H15N3O/c1-9-3-6-14(18-9)10(2)16-12-4-5-13-11(7-12)8-15-17-13/h3-8,10,16H,1-2H3,(H,15,17). The lowest BCUT2D eigenvalue weighted by atomic mass is 10.2. The SMILES string of the molecule is Cc1ccc(C(C)Nc2ccc3[nH]ncc3c2)o1. The lowest BCUT2D eigenvalue weighted by molar-refractivity contribution is 0.467. The number of nitrogens with zero attached hydrogens (tertiary/aromatic N) is 1. The van der Waals surface area contributed by atoms with Gasteiger partial charge in [-0.3, -0.25) is 5.10 Å². The maximum Gasteiger partial charge on any atom is 0.126 e. The molecule has 0 spiro atoms. The van der Waals surface area contributed by atoms with E-state index in [1.54, 1.807) is 0 Å². The third kappa shape index (κ3) is 1.97. The second-order valence-corrected chi connectivity index (χ2v) is 4.49. The van der Waals surface area contributed by atoms with Gasteiger partial charge in [-0.15, -0.1) is 0 Å². The van der Waals surface area contributed by atoms with Gasteiger partial charge in [-0.1, -0.05) is 0 Å². The Hall–Kier alpha value is -2.23. The van der Waals surface area contributed by atoms with E-state index in [9.17, 15) is 0 Å². The quantitative estimate of drug-likeness (QED) is 0.736. The summed E-state index contributed by atoms with van der Waals surface area (Å²) in [5, 5.41) is 11.5. The van der Waals surface area contributed by atoms with Gasteiger partial charge in [0.15, 0.2) is 0 Å². The number of nitrogens with one attached hydrogen (secondary N) is 2. The molecule has 18 heavy (non-hydrogen) atoms. The number of furan rings is 1. The van der Waals surface area contributed by atoms with Crippen molar-refractivity contribution < 1.29 is 4.42 Å². The fourth-order valence-electron chi connectivity index (χ4n) is 2.04. The second kappa shape index (κ2) is 4.22. The van der Waals surface area contributed by atoms with Crippen LogP contribution in [0.5, 0.6) is 0 Å². The number of anilines is 1. The van der Waals surface area contributed by atoms with Crippen molar-refractivity contribution in [2.75, 3.05) is 5.32 Å². The Kier molecular flexibility index (Phi) is 2.55. The van der Waals surface area contributed by atoms with Crippen LogP contribution in [0.4, 0.5) is 5.69 Å². The number of aryl methyl sites for hydroxylation is 1. The normalized spacial score (nSPS) is 12.8. The van der Waals surface area contributed by atoms with Gasteiger partial charge in [-0.2, -0.15) is 5.10 Å². The highest BCUT2D eigenvalue weighted by atomic mass is 16.3. The van der Waals surface area contributed by atoms with Crippen LogP contribution in [0, 0.1) is 6.92 Å². The molecular formula is C14H15N3O. The molecule has 1 unspecified atom stereocenters. The molecule has 0 aliphatic carbocycles. The molecule has 0 radical (unpaired) electrons. The number of benzene rings is 1. The van der Waals surface area contributed by atoms with Gasteiger partial charge in [0.25, 0.3) is 0 Å². The molecule has 0 saturated heterocycles. The predicted octanol–water partition coefficient (Wildman–Crippen LogP) is 3.64. The third-order valence-electron chi connectivity index (χ3n) is 3.01. The van der Waals surface area contributed by atoms with Crippen molar-refractivity contribution in [3.05, 3.63) is 48.0 Å². The average Bonchev–Trinajstić information content (AvgIpc) is 2.96. The predicted molar refractivity (Wildman–Crippen MR) is 71.6 cm³/mol. The number of rotatable bonds is 3. The molecule has 3 rings (SSSR count). The molecule has 0 fully saturated rings. The van der Waals surface area contributed by atoms with Crippen LogP contribution in [0.25, 0.3) is 10.9 Å². The van der Waals surface area contributed by atoms with Crippen LogP contribution in [0.15, 0.2) is 40.9 Å². The number of hydrogen-bond donors (Lipinski definition) is 2. The Bertz CT molecular complexity index is 668. The van der Waals surface area contributed by atoms with E-state index in [1.165, 1.54) is 0 Å². The first-order valence-electron chi connectivity index (χ1n) is 5.98. The van der Waals surface area contributed by atoms with Crippen LogP contribution in [0.1, 0.15) is 24.5 Å². The highest BCUT2D eigenvalue weighted by Gasteiger charge is 2.09. The number of aromatic nitrogens is 2. The Morgan fingerprint density at radius 2 is 2.17 bits per heavy atom. The highest BCUT2D eigenvalue weighted by Crippen LogP contribution is 2.23. The van der Waals surface area contributed by atoms with Gasteiger partial charge < -0.3 is 9.73 Å². The van der Waals surface area contributed by atoms with Crippen molar-refractivity contribution in [2.45, 2.75) is 19.9 Å². The number of H-pyrrole nitrogens is 1. The molecular weight excluding hydrogens is 226 g/mol. The Labute approximate surface area is 105 Å². The summed E-state index contributed by atoms with van der Waals surface area (Å²) in [4.78, 5) is 0. The molecule has 0 aliphatic rings. The largest absolute Gasteiger partial charge is 0.464 e. The molecule has 3 aromatic rings. The number of fused-ring (bicyclic) bond motifs is 1. The zero-order chi connectivity index (χ0) is 12.5. The van der Waals surface area contributed by atoms with Crippen molar-refractivity contribution >= 4 is 16.6 Å². The molecule has 0 bridgehead atoms. The van der Waals surface area contributed by atoms with Crippen molar-refractivity contribution in [2.24, 2.45) is 0 Å². The van der Waals surface area contributed by atoms with E-state index < -0.39 is 0 Å². The van der Waals surface area contributed by atoms with E-state index in [1.807, 2.05) is 37.4 Å². The maximum absolute atomic E-state index is 5.61. The van der Waals surface area contributed by atoms with Crippen molar-refractivity contribution in [1.82, 2.24) is 10.2 Å². The first-order chi connectivity index (χ1) is 8.72. The van der Waals surface area contributed by atoms with Crippen LogP contribution in [-0.4, -0.2) is 10.2 Å². The average molecular weight is 241 g/mol. The van der Waals surface area contributed by atoms with Gasteiger partial charge in [-0.25, -0.2) is 0 Å². The summed E-state index contributed by atoms with van der Waals surface area (Å²) in [6, 6.07) is 10.3. The molecule has 2 heterocycles. The van der Waals surface area contributed by atoms with Gasteiger partial charge in [0.2, 0.25) is 0 Å². The molecule has 4 heteroatoms. The monoisotopic (exact) mass is 241 g/mol. The van der Waals surface area contributed by atoms with Crippen LogP contribution >= 0.6 is 0 Å². The van der Waals surface area contributed by atoms with Crippen LogP contribution in [0.2, 0.25) is 0 Å². The fourth-order valence-corrected chi connectivity index (χ4v) is 2.04. The molecule has 0 aliphatic heterocycles. The van der Waals surface area contributed by atoms with Crippen molar-refractivity contribution in [1.29, 1.82) is 0 Å². The molecule has 0 saturated carbocycles. The van der Waals surface area contributed by atoms with Gasteiger partial charge in [0, 0.05) is 11.1 Å². The van der Waals surface area contributed by atoms with Gasteiger partial charge in [0.05, 0.1) is 17.8 Å². The summed E-state index contributed by atoms with van der Waals surface area (Å²) < 4.78 is 5.61. The summed E-state index contributed by atoms with van der Waals surface area (Å²) in [5.41, 5.74) is 2.10. The molecule has 92 valence electrons. The van der Waals surface area contributed by atoms with E-state index in [0.717, 1.165) is 28.1 Å². The van der Waals surface area contributed by atoms with Crippen LogP contribution in [-0.2, 0) is 0 Å². The third-order valence-corrected chi connectivity index (χ3v) is 3.01. The highest BCUT2D eigenvalue weighted by molar-refractivity contribution is 5.81. The first-order valence-corrected chi connectivity index (χ1v) is 5.98. The summed E-state index contributed by atoms with van der Waals surface area (Å²) >= 11 is 0. The number of hydrogen-bond acceptors (Lipinski definition) is 3. The van der Waals surface area contributed by atoms with E-state index in [-0.39, 0.29) is 6.04 Å². The Balaban J connectivity index is 1.83. The summed E-state index contributed by atoms with van der Waals surface area (Å²) in [6.07, 6.45) is 1.82. The lowest BCUT2D eigenvalue weighted by Gasteiger charge is -2.12. The number of aromatic amines is 1. The topological polar surface area (TPSA) is 53.9 Å². The Morgan fingerprint density at radius 3 is 2.94 bits per heavy atom. The van der Waals surface area contributed by atoms with Gasteiger partial charge in [0.1, 0.15) is 11.5 Å². The van der Waals surface area contributed by atoms with Gasteiger partial charge >= 0.3 is 0 Å². The van der Waals surface area contributed by atoms with Gasteiger partial charge in [-0.05, 0) is 44.2 Å². The second-order valence-electron chi connectivity index (χ2n) is 4.49. The molecule has 2 N–H and O–H groups in total. The van der Waals surface area contributed by atoms with Crippen LogP contribution in [0.3, 0.4) is 0 Å². The van der Waals surface area contributed by atoms with E-state index in [4.69, 9.17) is 4.42 Å². The van der Waals surface area contributed by atoms with Crippen LogP contribution < -0.4 is 5.32 Å². The minimum absolute atomic E-state index is 0.142. The van der Waals surface area contributed by atoms with Crippen molar-refractivity contribution in [3.63, 3.8) is 0 Å². The first kappa shape index (κ1) is 10.9. The zero-order valence-electron chi connectivity index (χ0n) is 10.4. The molecule has 1 aromatic carbocycles. The smallest absolute Gasteiger partial charge is 0.126 e. The maximum atomic E-state index is 5.61. The molecule has 0 amide bonds. The summed E-state index contributed by atoms with van der Waals surface area (Å²) in [5.74, 6) is 1.88. The van der Waals surface area contributed by atoms with E-state index in [0.29, 0.717) is 0 Å².